The van der Waals surface area contributed by atoms with Crippen LogP contribution in [0.15, 0.2) is 243 Å². The Morgan fingerprint density at radius 3 is 0.949 bits per heavy atom. The molecule has 0 bridgehead atoms. The Kier molecular flexibility index (Phi) is 10.8. The van der Waals surface area contributed by atoms with Gasteiger partial charge in [0.25, 0.3) is 0 Å². The fourth-order valence-electron chi connectivity index (χ4n) is 11.9. The number of hydrogen-bond acceptors (Lipinski definition) is 1. The first kappa shape index (κ1) is 47.3. The maximum absolute atomic E-state index is 14.9. The van der Waals surface area contributed by atoms with E-state index in [2.05, 4.69) is 71.3 Å². The highest BCUT2D eigenvalue weighted by Gasteiger charge is 2.37. The van der Waals surface area contributed by atoms with E-state index in [-0.39, 0.29) is 5.56 Å². The first-order valence-electron chi connectivity index (χ1n) is 25.6. The van der Waals surface area contributed by atoms with Crippen molar-refractivity contribution in [1.82, 2.24) is 13.7 Å². The number of aromatic nitrogens is 3. The molecule has 0 atom stereocenters. The van der Waals surface area contributed by atoms with Crippen molar-refractivity contribution in [3.05, 3.63) is 259 Å². The Morgan fingerprint density at radius 2 is 0.582 bits per heavy atom. The first-order chi connectivity index (χ1) is 38.5. The highest BCUT2D eigenvalue weighted by Crippen LogP contribution is 2.53. The second-order valence-electron chi connectivity index (χ2n) is 19.7. The molecule has 0 aliphatic heterocycles. The van der Waals surface area contributed by atoms with E-state index in [1.165, 1.54) is 24.3 Å². The van der Waals surface area contributed by atoms with Crippen molar-refractivity contribution in [2.75, 3.05) is 0 Å². The van der Waals surface area contributed by atoms with Gasteiger partial charge in [0, 0.05) is 43.4 Å². The molecule has 11 aromatic carbocycles. The first-order valence-corrected chi connectivity index (χ1v) is 25.6. The topological polar surface area (TPSA) is 38.6 Å². The fraction of sp³-hybridized carbons (Fsp3) is 0.0290. The van der Waals surface area contributed by atoms with Gasteiger partial charge in [0.1, 0.15) is 6.07 Å². The highest BCUT2D eigenvalue weighted by molar-refractivity contribution is 6.17. The molecule has 0 amide bonds. The lowest BCUT2D eigenvalue weighted by atomic mass is 9.87. The van der Waals surface area contributed by atoms with Crippen molar-refractivity contribution in [3.63, 3.8) is 0 Å². The van der Waals surface area contributed by atoms with E-state index in [1.807, 2.05) is 143 Å². The van der Waals surface area contributed by atoms with Crippen LogP contribution < -0.4 is 0 Å². The molecule has 14 rings (SSSR count). The molecule has 14 aromatic rings. The largest absolute Gasteiger partial charge is 0.416 e. The molecule has 378 valence electrons. The molecule has 0 saturated carbocycles. The summed E-state index contributed by atoms with van der Waals surface area (Å²) >= 11 is 0. The zero-order valence-corrected chi connectivity index (χ0v) is 41.7. The van der Waals surface area contributed by atoms with Crippen molar-refractivity contribution in [1.29, 1.82) is 5.26 Å². The summed E-state index contributed by atoms with van der Waals surface area (Å²) in [5.74, 6) is 0. The van der Waals surface area contributed by atoms with Gasteiger partial charge >= 0.3 is 12.4 Å². The molecule has 79 heavy (non-hydrogen) atoms. The zero-order valence-electron chi connectivity index (χ0n) is 41.7. The summed E-state index contributed by atoms with van der Waals surface area (Å²) in [7, 11) is 0. The summed E-state index contributed by atoms with van der Waals surface area (Å²) in [5, 5.41) is 15.7. The van der Waals surface area contributed by atoms with Crippen LogP contribution in [0.3, 0.4) is 0 Å². The summed E-state index contributed by atoms with van der Waals surface area (Å²) in [6.07, 6.45) is -9.34. The van der Waals surface area contributed by atoms with Crippen LogP contribution in [0.1, 0.15) is 16.7 Å². The van der Waals surface area contributed by atoms with Gasteiger partial charge in [0.15, 0.2) is 0 Å². The second kappa shape index (κ2) is 18.0. The zero-order chi connectivity index (χ0) is 53.7. The van der Waals surface area contributed by atoms with E-state index in [1.54, 1.807) is 12.1 Å². The molecule has 0 spiro atoms. The smallest absolute Gasteiger partial charge is 0.306 e. The summed E-state index contributed by atoms with van der Waals surface area (Å²) in [6, 6.07) is 76.7. The lowest BCUT2D eigenvalue weighted by Crippen LogP contribution is -2.14. The van der Waals surface area contributed by atoms with E-state index in [4.69, 9.17) is 0 Å². The maximum Gasteiger partial charge on any atom is 0.416 e. The molecular weight excluding hydrogens is 999 g/mol. The van der Waals surface area contributed by atoms with Gasteiger partial charge in [-0.05, 0) is 106 Å². The molecule has 0 aliphatic carbocycles. The Morgan fingerprint density at radius 1 is 0.278 bits per heavy atom. The lowest BCUT2D eigenvalue weighted by Gasteiger charge is -2.29. The Bertz CT molecular complexity index is 4500. The molecule has 3 aromatic heterocycles. The van der Waals surface area contributed by atoms with Crippen molar-refractivity contribution in [3.8, 4) is 67.6 Å². The number of nitriles is 1. The van der Waals surface area contributed by atoms with Crippen LogP contribution in [0.25, 0.3) is 127 Å². The molecule has 0 saturated heterocycles. The maximum atomic E-state index is 14.9. The Balaban J connectivity index is 1.30. The van der Waals surface area contributed by atoms with Crippen LogP contribution in [0.2, 0.25) is 0 Å². The van der Waals surface area contributed by atoms with Crippen LogP contribution in [-0.4, -0.2) is 13.7 Å². The molecule has 0 fully saturated rings. The number of hydrogen-bond donors (Lipinski definition) is 0. The van der Waals surface area contributed by atoms with Crippen molar-refractivity contribution >= 4 is 65.4 Å². The predicted octanol–water partition coefficient (Wildman–Crippen LogP) is 19.6. The molecule has 0 radical (unpaired) electrons. The van der Waals surface area contributed by atoms with Gasteiger partial charge in [-0.3, -0.25) is 0 Å². The van der Waals surface area contributed by atoms with Crippen LogP contribution in [0, 0.1) is 11.3 Å². The van der Waals surface area contributed by atoms with Gasteiger partial charge in [-0.15, -0.1) is 0 Å². The monoisotopic (exact) mass is 1040 g/mol. The standard InChI is InChI=1S/C69H40F6N4/c70-68(71,72)48-31-35-61-54(39-48)50-25-13-15-27-57(50)77(61)65-63(44-21-9-3-10-22-44)56(41-76)64(45-23-11-4-12-24-45)66(78-58-28-16-14-26-51(58)55-40-49(69(73,74)75)32-36-62(55)78)67(65)79-59-33-29-46(42-17-5-1-6-18-42)37-52(59)53-38-47(30-34-60(53)79)43-19-7-2-8-20-43/h1-40H. The minimum absolute atomic E-state index is 0.236. The number of nitrogens with zero attached hydrogens (tertiary/aromatic N) is 4. The SMILES string of the molecule is N#Cc1c(-c2ccccc2)c(-n2c3ccccc3c3cc(C(F)(F)F)ccc32)c(-n2c3ccc(-c4ccccc4)cc3c3cc(-c4ccccc4)ccc32)c(-n2c3ccccc3c3cc(C(F)(F)F)ccc32)c1-c1ccccc1. The fourth-order valence-corrected chi connectivity index (χ4v) is 11.9. The lowest BCUT2D eigenvalue weighted by molar-refractivity contribution is -0.138. The quantitative estimate of drug-likeness (QED) is 0.147. The Labute approximate surface area is 448 Å². The predicted molar refractivity (Wildman–Crippen MR) is 306 cm³/mol. The molecular formula is C69H40F6N4. The van der Waals surface area contributed by atoms with E-state index in [0.29, 0.717) is 82.9 Å². The molecule has 3 heterocycles. The third kappa shape index (κ3) is 7.53. The third-order valence-corrected chi connectivity index (χ3v) is 15.3. The van der Waals surface area contributed by atoms with E-state index >= 15 is 0 Å². The van der Waals surface area contributed by atoms with Gasteiger partial charge in [-0.2, -0.15) is 31.6 Å². The molecule has 0 N–H and O–H groups in total. The van der Waals surface area contributed by atoms with Crippen LogP contribution >= 0.6 is 0 Å². The molecule has 0 unspecified atom stereocenters. The van der Waals surface area contributed by atoms with Crippen molar-refractivity contribution in [2.45, 2.75) is 12.4 Å². The van der Waals surface area contributed by atoms with Crippen molar-refractivity contribution < 1.29 is 26.3 Å². The normalized spacial score (nSPS) is 12.2. The average Bonchev–Trinajstić information content (AvgIpc) is 3.09. The van der Waals surface area contributed by atoms with E-state index in [9.17, 15) is 31.6 Å². The number of halogens is 6. The van der Waals surface area contributed by atoms with Gasteiger partial charge < -0.3 is 13.7 Å². The molecule has 4 nitrogen and oxygen atoms in total. The van der Waals surface area contributed by atoms with Gasteiger partial charge in [-0.25, -0.2) is 0 Å². The minimum Gasteiger partial charge on any atom is -0.306 e. The summed E-state index contributed by atoms with van der Waals surface area (Å²) < 4.78 is 95.5. The number of rotatable bonds is 7. The molecule has 10 heteroatoms. The number of alkyl halides is 6. The minimum atomic E-state index is -4.67. The number of para-hydroxylation sites is 2. The third-order valence-electron chi connectivity index (χ3n) is 15.3. The van der Waals surface area contributed by atoms with Gasteiger partial charge in [0.2, 0.25) is 0 Å². The summed E-state index contributed by atoms with van der Waals surface area (Å²) in [5.41, 5.74) is 9.70. The highest BCUT2D eigenvalue weighted by atomic mass is 19.4. The van der Waals surface area contributed by atoms with Crippen LogP contribution in [0.5, 0.6) is 0 Å². The van der Waals surface area contributed by atoms with E-state index in [0.717, 1.165) is 56.2 Å². The molecule has 0 aliphatic rings. The summed E-state index contributed by atoms with van der Waals surface area (Å²) in [6.45, 7) is 0. The number of benzene rings is 11. The summed E-state index contributed by atoms with van der Waals surface area (Å²) in [4.78, 5) is 0. The van der Waals surface area contributed by atoms with Crippen molar-refractivity contribution in [2.24, 2.45) is 0 Å². The van der Waals surface area contributed by atoms with Gasteiger partial charge in [-0.1, -0.05) is 170 Å². The van der Waals surface area contributed by atoms with E-state index < -0.39 is 23.5 Å². The average molecular weight is 1040 g/mol. The Hall–Kier alpha value is -10.1. The second-order valence-corrected chi connectivity index (χ2v) is 19.7. The number of fused-ring (bicyclic) bond motifs is 9. The van der Waals surface area contributed by atoms with Crippen LogP contribution in [0.4, 0.5) is 26.3 Å². The van der Waals surface area contributed by atoms with Crippen LogP contribution in [-0.2, 0) is 12.4 Å². The van der Waals surface area contributed by atoms with Gasteiger partial charge in [0.05, 0.1) is 66.9 Å².